The number of carbonyl (C=O) groups excluding carboxylic acids is 1. The lowest BCUT2D eigenvalue weighted by Gasteiger charge is -2.11. The molecule has 1 aromatic rings. The van der Waals surface area contributed by atoms with Crippen LogP contribution in [0.5, 0.6) is 11.5 Å². The molecule has 0 aliphatic rings. The maximum absolute atomic E-state index is 11.4. The number of rotatable bonds is 5. The second-order valence-electron chi connectivity index (χ2n) is 3.66. The molecule has 1 unspecified atom stereocenters. The average molecular weight is 223 g/mol. The summed E-state index contributed by atoms with van der Waals surface area (Å²) < 4.78 is 5.25. The Morgan fingerprint density at radius 3 is 2.62 bits per heavy atom. The fraction of sp³-hybridized carbons (Fsp3) is 0.417. The van der Waals surface area contributed by atoms with Gasteiger partial charge in [-0.15, -0.1) is 0 Å². The van der Waals surface area contributed by atoms with E-state index in [0.29, 0.717) is 5.75 Å². The quantitative estimate of drug-likeness (QED) is 0.798. The summed E-state index contributed by atoms with van der Waals surface area (Å²) >= 11 is 0. The predicted molar refractivity (Wildman–Crippen MR) is 61.5 cm³/mol. The van der Waals surface area contributed by atoms with Gasteiger partial charge in [-0.1, -0.05) is 6.92 Å². The van der Waals surface area contributed by atoms with Gasteiger partial charge in [-0.2, -0.15) is 0 Å². The Morgan fingerprint density at radius 1 is 1.44 bits per heavy atom. The third-order valence-electron chi connectivity index (χ3n) is 2.23. The van der Waals surface area contributed by atoms with Gasteiger partial charge in [0.05, 0.1) is 0 Å². The minimum absolute atomic E-state index is 0.00485. The molecule has 4 nitrogen and oxygen atoms in total. The molecule has 0 radical (unpaired) electrons. The maximum Gasteiger partial charge on any atom is 0.258 e. The van der Waals surface area contributed by atoms with E-state index in [-0.39, 0.29) is 24.3 Å². The van der Waals surface area contributed by atoms with Crippen LogP contribution >= 0.6 is 0 Å². The van der Waals surface area contributed by atoms with E-state index in [4.69, 9.17) is 9.84 Å². The van der Waals surface area contributed by atoms with E-state index >= 15 is 0 Å². The van der Waals surface area contributed by atoms with E-state index < -0.39 is 0 Å². The van der Waals surface area contributed by atoms with Gasteiger partial charge in [-0.25, -0.2) is 0 Å². The number of ether oxygens (including phenoxy) is 1. The largest absolute Gasteiger partial charge is 0.508 e. The van der Waals surface area contributed by atoms with Crippen molar-refractivity contribution >= 4 is 5.91 Å². The highest BCUT2D eigenvalue weighted by molar-refractivity contribution is 5.77. The second-order valence-corrected chi connectivity index (χ2v) is 3.66. The number of aromatic hydroxyl groups is 1. The van der Waals surface area contributed by atoms with Crippen LogP contribution in [0.2, 0.25) is 0 Å². The van der Waals surface area contributed by atoms with Gasteiger partial charge in [0.15, 0.2) is 6.61 Å². The molecule has 0 saturated heterocycles. The van der Waals surface area contributed by atoms with E-state index in [0.717, 1.165) is 6.42 Å². The van der Waals surface area contributed by atoms with Crippen LogP contribution in [0.3, 0.4) is 0 Å². The van der Waals surface area contributed by atoms with Gasteiger partial charge in [0.2, 0.25) is 0 Å². The van der Waals surface area contributed by atoms with Gasteiger partial charge in [0.25, 0.3) is 5.91 Å². The molecule has 1 atom stereocenters. The van der Waals surface area contributed by atoms with Crippen molar-refractivity contribution in [3.05, 3.63) is 24.3 Å². The predicted octanol–water partition coefficient (Wildman–Crippen LogP) is 1.69. The highest BCUT2D eigenvalue weighted by Gasteiger charge is 2.05. The van der Waals surface area contributed by atoms with Crippen molar-refractivity contribution in [3.63, 3.8) is 0 Å². The summed E-state index contributed by atoms with van der Waals surface area (Å²) in [6.45, 7) is 3.94. The minimum Gasteiger partial charge on any atom is -0.508 e. The maximum atomic E-state index is 11.4. The van der Waals surface area contributed by atoms with Crippen LogP contribution in [0.15, 0.2) is 24.3 Å². The zero-order valence-electron chi connectivity index (χ0n) is 9.56. The first-order valence-corrected chi connectivity index (χ1v) is 5.33. The third-order valence-corrected chi connectivity index (χ3v) is 2.23. The van der Waals surface area contributed by atoms with Crippen molar-refractivity contribution in [1.29, 1.82) is 0 Å². The topological polar surface area (TPSA) is 58.6 Å². The SMILES string of the molecule is CCC(C)NC(=O)COc1ccc(O)cc1. The lowest BCUT2D eigenvalue weighted by atomic mass is 10.2. The van der Waals surface area contributed by atoms with Gasteiger partial charge in [-0.05, 0) is 37.6 Å². The van der Waals surface area contributed by atoms with Crippen molar-refractivity contribution in [3.8, 4) is 11.5 Å². The van der Waals surface area contributed by atoms with Gasteiger partial charge in [0.1, 0.15) is 11.5 Å². The summed E-state index contributed by atoms with van der Waals surface area (Å²) in [6, 6.07) is 6.43. The molecule has 0 fully saturated rings. The van der Waals surface area contributed by atoms with E-state index in [1.807, 2.05) is 13.8 Å². The Hall–Kier alpha value is -1.71. The Bertz CT molecular complexity index is 335. The molecule has 2 N–H and O–H groups in total. The van der Waals surface area contributed by atoms with Gasteiger partial charge >= 0.3 is 0 Å². The molecule has 16 heavy (non-hydrogen) atoms. The number of nitrogens with one attached hydrogen (secondary N) is 1. The molecular weight excluding hydrogens is 206 g/mol. The first-order chi connectivity index (χ1) is 7.61. The molecule has 0 aliphatic heterocycles. The Kier molecular flexibility index (Phi) is 4.64. The average Bonchev–Trinajstić information content (AvgIpc) is 2.28. The molecule has 0 aromatic heterocycles. The third kappa shape index (κ3) is 4.21. The van der Waals surface area contributed by atoms with Crippen LogP contribution in [0.25, 0.3) is 0 Å². The van der Waals surface area contributed by atoms with Gasteiger partial charge < -0.3 is 15.2 Å². The molecule has 0 aliphatic carbocycles. The molecule has 1 rings (SSSR count). The van der Waals surface area contributed by atoms with Crippen LogP contribution in [-0.4, -0.2) is 23.7 Å². The fourth-order valence-corrected chi connectivity index (χ4v) is 1.11. The van der Waals surface area contributed by atoms with Crippen molar-refractivity contribution in [1.82, 2.24) is 5.32 Å². The van der Waals surface area contributed by atoms with Crippen LogP contribution < -0.4 is 10.1 Å². The number of amides is 1. The van der Waals surface area contributed by atoms with Crippen LogP contribution in [0.1, 0.15) is 20.3 Å². The number of hydrogen-bond acceptors (Lipinski definition) is 3. The van der Waals surface area contributed by atoms with Crippen LogP contribution in [-0.2, 0) is 4.79 Å². The number of benzene rings is 1. The smallest absolute Gasteiger partial charge is 0.258 e. The summed E-state index contributed by atoms with van der Waals surface area (Å²) in [5.41, 5.74) is 0. The van der Waals surface area contributed by atoms with Crippen LogP contribution in [0.4, 0.5) is 0 Å². The molecule has 0 saturated carbocycles. The number of phenolic OH excluding ortho intramolecular Hbond substituents is 1. The lowest BCUT2D eigenvalue weighted by molar-refractivity contribution is -0.123. The van der Waals surface area contributed by atoms with Gasteiger partial charge in [0, 0.05) is 6.04 Å². The Morgan fingerprint density at radius 2 is 2.06 bits per heavy atom. The van der Waals surface area contributed by atoms with E-state index in [2.05, 4.69) is 5.32 Å². The van der Waals surface area contributed by atoms with Crippen molar-refractivity contribution < 1.29 is 14.6 Å². The van der Waals surface area contributed by atoms with E-state index in [1.165, 1.54) is 12.1 Å². The molecular formula is C12H17NO3. The summed E-state index contributed by atoms with van der Waals surface area (Å²) in [5.74, 6) is 0.607. The Balaban J connectivity index is 2.34. The molecule has 0 bridgehead atoms. The molecule has 88 valence electrons. The second kappa shape index (κ2) is 6.00. The molecule has 1 aromatic carbocycles. The summed E-state index contributed by atoms with van der Waals surface area (Å²) in [5, 5.41) is 11.8. The fourth-order valence-electron chi connectivity index (χ4n) is 1.11. The number of phenols is 1. The monoisotopic (exact) mass is 223 g/mol. The van der Waals surface area contributed by atoms with Crippen molar-refractivity contribution in [2.24, 2.45) is 0 Å². The van der Waals surface area contributed by atoms with Crippen molar-refractivity contribution in [2.75, 3.05) is 6.61 Å². The highest BCUT2D eigenvalue weighted by atomic mass is 16.5. The summed E-state index contributed by atoms with van der Waals surface area (Å²) in [4.78, 5) is 11.4. The molecule has 0 heterocycles. The van der Waals surface area contributed by atoms with Crippen molar-refractivity contribution in [2.45, 2.75) is 26.3 Å². The normalized spacial score (nSPS) is 11.9. The molecule has 4 heteroatoms. The standard InChI is InChI=1S/C12H17NO3/c1-3-9(2)13-12(15)8-16-11-6-4-10(14)5-7-11/h4-7,9,14H,3,8H2,1-2H3,(H,13,15). The van der Waals surface area contributed by atoms with Crippen LogP contribution in [0, 0.1) is 0 Å². The lowest BCUT2D eigenvalue weighted by Crippen LogP contribution is -2.35. The summed E-state index contributed by atoms with van der Waals surface area (Å²) in [7, 11) is 0. The first kappa shape index (κ1) is 12.4. The van der Waals surface area contributed by atoms with Gasteiger partial charge in [-0.3, -0.25) is 4.79 Å². The summed E-state index contributed by atoms with van der Waals surface area (Å²) in [6.07, 6.45) is 0.894. The highest BCUT2D eigenvalue weighted by Crippen LogP contribution is 2.15. The number of hydrogen-bond donors (Lipinski definition) is 2. The Labute approximate surface area is 95.2 Å². The first-order valence-electron chi connectivity index (χ1n) is 5.33. The molecule has 1 amide bonds. The zero-order valence-corrected chi connectivity index (χ0v) is 9.56. The molecule has 0 spiro atoms. The minimum atomic E-state index is -0.137. The number of carbonyl (C=O) groups is 1. The van der Waals surface area contributed by atoms with E-state index in [1.54, 1.807) is 12.1 Å². The van der Waals surface area contributed by atoms with E-state index in [9.17, 15) is 4.79 Å². The zero-order chi connectivity index (χ0) is 12.0.